The van der Waals surface area contributed by atoms with Crippen molar-refractivity contribution in [1.82, 2.24) is 10.9 Å². The molecular weight excluding hydrogens is 436 g/mol. The summed E-state index contributed by atoms with van der Waals surface area (Å²) >= 11 is 10.4. The van der Waals surface area contributed by atoms with Crippen LogP contribution in [0, 0.1) is 0 Å². The Morgan fingerprint density at radius 3 is 1.87 bits per heavy atom. The zero-order valence-corrected chi connectivity index (χ0v) is 18.1. The fourth-order valence-electron chi connectivity index (χ4n) is 2.25. The van der Waals surface area contributed by atoms with E-state index < -0.39 is 18.8 Å². The highest BCUT2D eigenvalue weighted by Crippen LogP contribution is 2.05. The number of thiocarbonyl (C=S) groups is 2. The van der Waals surface area contributed by atoms with Crippen LogP contribution >= 0.6 is 24.4 Å². The molecule has 164 valence electrons. The van der Waals surface area contributed by atoms with Gasteiger partial charge >= 0.3 is 0 Å². The first kappa shape index (κ1) is 24.3. The zero-order chi connectivity index (χ0) is 22.5. The van der Waals surface area contributed by atoms with Gasteiger partial charge in [0, 0.05) is 17.8 Å². The lowest BCUT2D eigenvalue weighted by atomic mass is 10.1. The summed E-state index contributed by atoms with van der Waals surface area (Å²) in [7, 11) is 0. The highest BCUT2D eigenvalue weighted by Gasteiger charge is 2.17. The van der Waals surface area contributed by atoms with Crippen molar-refractivity contribution in [2.75, 3.05) is 17.2 Å². The molecule has 0 aliphatic heterocycles. The van der Waals surface area contributed by atoms with Crippen molar-refractivity contribution in [1.29, 1.82) is 0 Å². The van der Waals surface area contributed by atoms with Crippen LogP contribution in [0.2, 0.25) is 0 Å². The third-order valence-electron chi connectivity index (χ3n) is 3.79. The number of para-hydroxylation sites is 2. The van der Waals surface area contributed by atoms with Gasteiger partial charge in [-0.05, 0) is 48.7 Å². The average molecular weight is 461 g/mol. The smallest absolute Gasteiger partial charge is 0.191 e. The summed E-state index contributed by atoms with van der Waals surface area (Å²) < 4.78 is 0. The van der Waals surface area contributed by atoms with Crippen LogP contribution in [0.4, 0.5) is 11.4 Å². The molecule has 2 atom stereocenters. The molecule has 9 nitrogen and oxygen atoms in total. The van der Waals surface area contributed by atoms with Crippen LogP contribution in [-0.2, 0) is 0 Å². The highest BCUT2D eigenvalue weighted by molar-refractivity contribution is 7.80. The lowest BCUT2D eigenvalue weighted by Gasteiger charge is -2.15. The number of hydrazone groups is 2. The predicted octanol–water partition coefficient (Wildman–Crippen LogP) is 1.41. The number of aliphatic hydroxyl groups excluding tert-OH is 3. The van der Waals surface area contributed by atoms with Crippen LogP contribution in [0.25, 0.3) is 0 Å². The third-order valence-corrected chi connectivity index (χ3v) is 4.18. The van der Waals surface area contributed by atoms with Crippen LogP contribution < -0.4 is 21.5 Å². The van der Waals surface area contributed by atoms with Crippen molar-refractivity contribution >= 4 is 58.0 Å². The first-order chi connectivity index (χ1) is 15.0. The lowest BCUT2D eigenvalue weighted by molar-refractivity contribution is -0.00974. The minimum atomic E-state index is -1.32. The number of rotatable bonds is 9. The Morgan fingerprint density at radius 2 is 1.35 bits per heavy atom. The van der Waals surface area contributed by atoms with Crippen molar-refractivity contribution in [2.45, 2.75) is 18.6 Å². The molecule has 0 aromatic heterocycles. The standard InChI is InChI=1S/C20H24N6O3S2/c27-13-18(29)17(28)11-16(24-26-20(31)23-15-9-5-2-6-10-15)12-21-25-19(30)22-14-7-3-1-4-8-14/h1-10,12,17-18,27-29H,11,13H2,(H2,22,25,30)(H2,23,26,31)/b21-12-,24-16-/t17-,18+/m0/s1. The van der Waals surface area contributed by atoms with Crippen LogP contribution in [0.5, 0.6) is 0 Å². The molecule has 0 aliphatic rings. The molecule has 0 bridgehead atoms. The number of nitrogens with zero attached hydrogens (tertiary/aromatic N) is 2. The van der Waals surface area contributed by atoms with E-state index in [0.717, 1.165) is 11.4 Å². The van der Waals surface area contributed by atoms with Gasteiger partial charge in [-0.25, -0.2) is 0 Å². The molecule has 0 unspecified atom stereocenters. The molecule has 11 heteroatoms. The fraction of sp³-hybridized carbons (Fsp3) is 0.200. The quantitative estimate of drug-likeness (QED) is 0.168. The second-order valence-electron chi connectivity index (χ2n) is 6.25. The Kier molecular flexibility index (Phi) is 10.5. The SMILES string of the molecule is OC[C@@H](O)[C@@H](O)CC(/C=N\NC(=S)Nc1ccccc1)=N/NC(=S)Nc1ccccc1. The van der Waals surface area contributed by atoms with Gasteiger partial charge in [-0.15, -0.1) is 0 Å². The van der Waals surface area contributed by atoms with Gasteiger partial charge in [0.1, 0.15) is 6.10 Å². The largest absolute Gasteiger partial charge is 0.394 e. The maximum Gasteiger partial charge on any atom is 0.191 e. The molecule has 0 heterocycles. The van der Waals surface area contributed by atoms with Gasteiger partial charge in [0.15, 0.2) is 10.2 Å². The molecule has 0 spiro atoms. The molecular formula is C20H24N6O3S2. The van der Waals surface area contributed by atoms with E-state index in [2.05, 4.69) is 31.7 Å². The first-order valence-corrected chi connectivity index (χ1v) is 10.1. The second kappa shape index (κ2) is 13.4. The van der Waals surface area contributed by atoms with Crippen molar-refractivity contribution in [3.05, 3.63) is 60.7 Å². The van der Waals surface area contributed by atoms with Gasteiger partial charge in [-0.2, -0.15) is 10.2 Å². The number of nitrogens with one attached hydrogen (secondary N) is 4. The maximum absolute atomic E-state index is 10.0. The van der Waals surface area contributed by atoms with Gasteiger partial charge in [0.2, 0.25) is 0 Å². The maximum atomic E-state index is 10.0. The minimum Gasteiger partial charge on any atom is -0.394 e. The minimum absolute atomic E-state index is 0.0905. The van der Waals surface area contributed by atoms with Gasteiger partial charge in [-0.1, -0.05) is 36.4 Å². The third kappa shape index (κ3) is 9.59. The van der Waals surface area contributed by atoms with E-state index in [0.29, 0.717) is 0 Å². The molecule has 2 aromatic rings. The topological polar surface area (TPSA) is 134 Å². The Hall–Kier alpha value is -2.96. The van der Waals surface area contributed by atoms with Gasteiger partial charge in [0.05, 0.1) is 24.6 Å². The Labute approximate surface area is 190 Å². The molecule has 0 fully saturated rings. The molecule has 31 heavy (non-hydrogen) atoms. The number of anilines is 2. The molecule has 0 saturated heterocycles. The van der Waals surface area contributed by atoms with Gasteiger partial charge < -0.3 is 26.0 Å². The normalized spacial score (nSPS) is 13.3. The first-order valence-electron chi connectivity index (χ1n) is 9.28. The van der Waals surface area contributed by atoms with E-state index in [9.17, 15) is 10.2 Å². The van der Waals surface area contributed by atoms with Gasteiger partial charge in [0.25, 0.3) is 0 Å². The molecule has 2 rings (SSSR count). The van der Waals surface area contributed by atoms with E-state index in [4.69, 9.17) is 29.5 Å². The zero-order valence-electron chi connectivity index (χ0n) is 16.5. The van der Waals surface area contributed by atoms with Crippen molar-refractivity contribution in [3.8, 4) is 0 Å². The fourth-order valence-corrected chi connectivity index (χ4v) is 2.58. The van der Waals surface area contributed by atoms with E-state index in [1.54, 1.807) is 0 Å². The summed E-state index contributed by atoms with van der Waals surface area (Å²) in [4.78, 5) is 0. The molecule has 0 amide bonds. The Morgan fingerprint density at radius 1 is 0.839 bits per heavy atom. The summed E-state index contributed by atoms with van der Waals surface area (Å²) in [5.41, 5.74) is 7.13. The van der Waals surface area contributed by atoms with E-state index >= 15 is 0 Å². The molecule has 0 radical (unpaired) electrons. The summed E-state index contributed by atoms with van der Waals surface area (Å²) in [5.74, 6) is 0. The Bertz CT molecular complexity index is 896. The van der Waals surface area contributed by atoms with E-state index in [1.165, 1.54) is 6.21 Å². The summed E-state index contributed by atoms with van der Waals surface area (Å²) in [6.07, 6.45) is -1.33. The molecule has 7 N–H and O–H groups in total. The number of aliphatic hydroxyl groups is 3. The highest BCUT2D eigenvalue weighted by atomic mass is 32.1. The second-order valence-corrected chi connectivity index (χ2v) is 7.06. The van der Waals surface area contributed by atoms with Crippen LogP contribution in [0.1, 0.15) is 6.42 Å². The summed E-state index contributed by atoms with van der Waals surface area (Å²) in [6.45, 7) is -0.587. The molecule has 2 aromatic carbocycles. The molecule has 0 saturated carbocycles. The monoisotopic (exact) mass is 460 g/mol. The van der Waals surface area contributed by atoms with Crippen molar-refractivity contribution in [3.63, 3.8) is 0 Å². The number of benzene rings is 2. The lowest BCUT2D eigenvalue weighted by Crippen LogP contribution is -2.33. The van der Waals surface area contributed by atoms with Crippen LogP contribution in [0.15, 0.2) is 70.9 Å². The average Bonchev–Trinajstić information content (AvgIpc) is 2.78. The van der Waals surface area contributed by atoms with Gasteiger partial charge in [-0.3, -0.25) is 10.9 Å². The summed E-state index contributed by atoms with van der Waals surface area (Å²) in [5, 5.41) is 43.2. The van der Waals surface area contributed by atoms with E-state index in [1.807, 2.05) is 60.7 Å². The Balaban J connectivity index is 1.97. The van der Waals surface area contributed by atoms with E-state index in [-0.39, 0.29) is 22.4 Å². The predicted molar refractivity (Wildman–Crippen MR) is 131 cm³/mol. The molecule has 0 aliphatic carbocycles. The number of hydrogen-bond acceptors (Lipinski definition) is 7. The number of hydrogen-bond donors (Lipinski definition) is 7. The summed E-state index contributed by atoms with van der Waals surface area (Å²) in [6, 6.07) is 18.6. The van der Waals surface area contributed by atoms with Crippen molar-refractivity contribution in [2.24, 2.45) is 10.2 Å². The van der Waals surface area contributed by atoms with Crippen LogP contribution in [-0.4, -0.2) is 56.3 Å². The van der Waals surface area contributed by atoms with Crippen molar-refractivity contribution < 1.29 is 15.3 Å². The van der Waals surface area contributed by atoms with Crippen LogP contribution in [0.3, 0.4) is 0 Å².